The summed E-state index contributed by atoms with van der Waals surface area (Å²) in [7, 11) is 2.14. The molecule has 1 saturated carbocycles. The Bertz CT molecular complexity index is 413. The number of benzene rings is 1. The van der Waals surface area contributed by atoms with E-state index >= 15 is 0 Å². The van der Waals surface area contributed by atoms with Crippen molar-refractivity contribution in [2.24, 2.45) is 5.92 Å². The lowest BCUT2D eigenvalue weighted by atomic mass is 9.89. The predicted molar refractivity (Wildman–Crippen MR) is 84.6 cm³/mol. The number of hydrogen-bond donors (Lipinski definition) is 1. The summed E-state index contributed by atoms with van der Waals surface area (Å²) in [5.41, 5.74) is 2.16. The molecule has 1 aliphatic carbocycles. The van der Waals surface area contributed by atoms with Gasteiger partial charge in [0.25, 0.3) is 0 Å². The van der Waals surface area contributed by atoms with Gasteiger partial charge in [0.2, 0.25) is 0 Å². The molecule has 1 fully saturated rings. The van der Waals surface area contributed by atoms with Gasteiger partial charge in [0.1, 0.15) is 0 Å². The van der Waals surface area contributed by atoms with E-state index in [1.165, 1.54) is 32.1 Å². The van der Waals surface area contributed by atoms with Gasteiger partial charge < -0.3 is 10.0 Å². The van der Waals surface area contributed by atoms with E-state index in [1.807, 2.05) is 19.1 Å². The van der Waals surface area contributed by atoms with Crippen molar-refractivity contribution in [1.82, 2.24) is 0 Å². The predicted octanol–water partition coefficient (Wildman–Crippen LogP) is 4.52. The van der Waals surface area contributed by atoms with Crippen molar-refractivity contribution < 1.29 is 5.11 Å². The van der Waals surface area contributed by atoms with Crippen molar-refractivity contribution in [2.75, 3.05) is 18.5 Å². The van der Waals surface area contributed by atoms with Gasteiger partial charge in [-0.05, 0) is 37.8 Å². The minimum Gasteiger partial charge on any atom is -0.389 e. The monoisotopic (exact) mass is 325 g/mol. The third-order valence-corrected chi connectivity index (χ3v) is 4.60. The molecular formula is C16H24BrNO. The van der Waals surface area contributed by atoms with Crippen molar-refractivity contribution in [3.8, 4) is 0 Å². The molecule has 1 aromatic rings. The van der Waals surface area contributed by atoms with Crippen LogP contribution in [0, 0.1) is 5.92 Å². The highest BCUT2D eigenvalue weighted by atomic mass is 79.9. The minimum absolute atomic E-state index is 0.420. The molecule has 0 bridgehead atoms. The second-order valence-electron chi connectivity index (χ2n) is 5.76. The molecule has 1 aromatic carbocycles. The van der Waals surface area contributed by atoms with Gasteiger partial charge in [0, 0.05) is 29.3 Å². The molecule has 0 spiro atoms. The summed E-state index contributed by atoms with van der Waals surface area (Å²) in [5.74, 6) is 0.805. The highest BCUT2D eigenvalue weighted by Gasteiger charge is 2.18. The van der Waals surface area contributed by atoms with Crippen LogP contribution in [0.1, 0.15) is 50.7 Å². The summed E-state index contributed by atoms with van der Waals surface area (Å²) in [6.45, 7) is 2.93. The molecule has 0 aromatic heterocycles. The lowest BCUT2D eigenvalue weighted by Gasteiger charge is -2.30. The number of halogens is 1. The van der Waals surface area contributed by atoms with E-state index in [9.17, 15) is 5.11 Å². The van der Waals surface area contributed by atoms with Crippen LogP contribution in [-0.2, 0) is 0 Å². The van der Waals surface area contributed by atoms with E-state index in [4.69, 9.17) is 0 Å². The molecule has 106 valence electrons. The second kappa shape index (κ2) is 6.76. The molecule has 0 saturated heterocycles. The van der Waals surface area contributed by atoms with Gasteiger partial charge in [0.15, 0.2) is 0 Å². The van der Waals surface area contributed by atoms with Crippen LogP contribution in [0.15, 0.2) is 22.7 Å². The quantitative estimate of drug-likeness (QED) is 0.879. The lowest BCUT2D eigenvalue weighted by Crippen LogP contribution is -2.27. The molecule has 0 radical (unpaired) electrons. The molecule has 1 aliphatic rings. The Morgan fingerprint density at radius 2 is 2.00 bits per heavy atom. The zero-order valence-corrected chi connectivity index (χ0v) is 13.5. The van der Waals surface area contributed by atoms with E-state index in [2.05, 4.69) is 33.9 Å². The Labute approximate surface area is 124 Å². The van der Waals surface area contributed by atoms with Crippen LogP contribution in [-0.4, -0.2) is 18.7 Å². The fraction of sp³-hybridized carbons (Fsp3) is 0.625. The van der Waals surface area contributed by atoms with Gasteiger partial charge in [0.05, 0.1) is 6.10 Å². The first-order valence-corrected chi connectivity index (χ1v) is 8.06. The first-order chi connectivity index (χ1) is 9.08. The van der Waals surface area contributed by atoms with Crippen LogP contribution in [0.2, 0.25) is 0 Å². The van der Waals surface area contributed by atoms with Crippen molar-refractivity contribution in [2.45, 2.75) is 45.1 Å². The molecule has 2 nitrogen and oxygen atoms in total. The summed E-state index contributed by atoms with van der Waals surface area (Å²) >= 11 is 3.53. The molecule has 0 aliphatic heterocycles. The second-order valence-corrected chi connectivity index (χ2v) is 6.68. The maximum atomic E-state index is 9.91. The number of anilines is 1. The number of nitrogens with zero attached hydrogens (tertiary/aromatic N) is 1. The van der Waals surface area contributed by atoms with Gasteiger partial charge in [-0.15, -0.1) is 0 Å². The summed E-state index contributed by atoms with van der Waals surface area (Å²) < 4.78 is 1.07. The molecule has 0 heterocycles. The number of rotatable bonds is 4. The smallest absolute Gasteiger partial charge is 0.0782 e. The maximum Gasteiger partial charge on any atom is 0.0782 e. The van der Waals surface area contributed by atoms with Crippen LogP contribution in [0.25, 0.3) is 0 Å². The van der Waals surface area contributed by atoms with E-state index in [-0.39, 0.29) is 0 Å². The van der Waals surface area contributed by atoms with Gasteiger partial charge in [-0.2, -0.15) is 0 Å². The van der Waals surface area contributed by atoms with Crippen LogP contribution < -0.4 is 4.90 Å². The number of aliphatic hydroxyl groups excluding tert-OH is 1. The van der Waals surface area contributed by atoms with Crippen molar-refractivity contribution in [3.63, 3.8) is 0 Å². The molecule has 2 rings (SSSR count). The van der Waals surface area contributed by atoms with Gasteiger partial charge in [-0.1, -0.05) is 41.3 Å². The first-order valence-electron chi connectivity index (χ1n) is 7.26. The van der Waals surface area contributed by atoms with Crippen molar-refractivity contribution >= 4 is 21.6 Å². The summed E-state index contributed by atoms with van der Waals surface area (Å²) in [6.07, 6.45) is 6.43. The molecular weight excluding hydrogens is 302 g/mol. The lowest BCUT2D eigenvalue weighted by molar-refractivity contribution is 0.199. The largest absolute Gasteiger partial charge is 0.389 e. The van der Waals surface area contributed by atoms with E-state index < -0.39 is 6.10 Å². The van der Waals surface area contributed by atoms with Crippen LogP contribution in [0.3, 0.4) is 0 Å². The SMILES string of the molecule is CC(O)c1ccc(Br)cc1N(C)CC1CCCCC1. The van der Waals surface area contributed by atoms with Crippen molar-refractivity contribution in [1.29, 1.82) is 0 Å². The molecule has 1 atom stereocenters. The normalized spacial score (nSPS) is 18.3. The third kappa shape index (κ3) is 3.96. The van der Waals surface area contributed by atoms with E-state index in [0.717, 1.165) is 28.2 Å². The highest BCUT2D eigenvalue weighted by Crippen LogP contribution is 2.31. The first kappa shape index (κ1) is 14.9. The minimum atomic E-state index is -0.420. The van der Waals surface area contributed by atoms with Crippen LogP contribution in [0.4, 0.5) is 5.69 Å². The topological polar surface area (TPSA) is 23.5 Å². The zero-order valence-electron chi connectivity index (χ0n) is 11.9. The summed E-state index contributed by atoms with van der Waals surface area (Å²) in [4.78, 5) is 2.31. The Morgan fingerprint density at radius 1 is 1.32 bits per heavy atom. The fourth-order valence-corrected chi connectivity index (χ4v) is 3.41. The molecule has 3 heteroatoms. The Balaban J connectivity index is 2.12. The maximum absolute atomic E-state index is 9.91. The van der Waals surface area contributed by atoms with Crippen LogP contribution >= 0.6 is 15.9 Å². The van der Waals surface area contributed by atoms with E-state index in [1.54, 1.807) is 0 Å². The highest BCUT2D eigenvalue weighted by molar-refractivity contribution is 9.10. The molecule has 0 amide bonds. The molecule has 1 N–H and O–H groups in total. The summed E-state index contributed by atoms with van der Waals surface area (Å²) in [5, 5.41) is 9.91. The van der Waals surface area contributed by atoms with Crippen molar-refractivity contribution in [3.05, 3.63) is 28.2 Å². The number of aliphatic hydroxyl groups is 1. The van der Waals surface area contributed by atoms with E-state index in [0.29, 0.717) is 0 Å². The van der Waals surface area contributed by atoms with Gasteiger partial charge in [-0.25, -0.2) is 0 Å². The Kier molecular flexibility index (Phi) is 5.28. The fourth-order valence-electron chi connectivity index (χ4n) is 3.06. The Morgan fingerprint density at radius 3 is 2.63 bits per heavy atom. The Hall–Kier alpha value is -0.540. The van der Waals surface area contributed by atoms with Gasteiger partial charge >= 0.3 is 0 Å². The third-order valence-electron chi connectivity index (χ3n) is 4.11. The zero-order chi connectivity index (χ0) is 13.8. The molecule has 19 heavy (non-hydrogen) atoms. The summed E-state index contributed by atoms with van der Waals surface area (Å²) in [6, 6.07) is 6.13. The molecule has 1 unspecified atom stereocenters. The van der Waals surface area contributed by atoms with Gasteiger partial charge in [-0.3, -0.25) is 0 Å². The van der Waals surface area contributed by atoms with Crippen LogP contribution in [0.5, 0.6) is 0 Å². The average molecular weight is 326 g/mol. The number of hydrogen-bond acceptors (Lipinski definition) is 2. The standard InChI is InChI=1S/C16H24BrNO/c1-12(19)15-9-8-14(17)10-16(15)18(2)11-13-6-4-3-5-7-13/h8-10,12-13,19H,3-7,11H2,1-2H3. The average Bonchev–Trinajstić information content (AvgIpc) is 2.39.